The Morgan fingerprint density at radius 1 is 1.29 bits per heavy atom. The van der Waals surface area contributed by atoms with Gasteiger partial charge in [-0.25, -0.2) is 4.39 Å². The minimum atomic E-state index is -0.205. The highest BCUT2D eigenvalue weighted by Crippen LogP contribution is 2.20. The number of halogens is 1. The normalized spacial score (nSPS) is 15.8. The second-order valence-corrected chi connectivity index (χ2v) is 6.17. The molecular weight excluding hydrogens is 267 g/mol. The van der Waals surface area contributed by atoms with Crippen LogP contribution in [0.25, 0.3) is 0 Å². The predicted octanol–water partition coefficient (Wildman–Crippen LogP) is 3.05. The number of benzene rings is 1. The number of nitrogens with one attached hydrogen (secondary N) is 1. The summed E-state index contributed by atoms with van der Waals surface area (Å²) in [6.07, 6.45) is 2.59. The van der Waals surface area contributed by atoms with Gasteiger partial charge in [-0.1, -0.05) is 13.8 Å². The van der Waals surface area contributed by atoms with Crippen LogP contribution >= 0.6 is 0 Å². The van der Waals surface area contributed by atoms with E-state index in [2.05, 4.69) is 24.1 Å². The fourth-order valence-electron chi connectivity index (χ4n) is 2.61. The number of rotatable bonds is 8. The van der Waals surface area contributed by atoms with Crippen LogP contribution in [0.4, 0.5) is 4.39 Å². The molecular formula is C17H27FN2O. The van der Waals surface area contributed by atoms with E-state index in [1.165, 1.54) is 32.0 Å². The number of ether oxygens (including phenoxy) is 1. The van der Waals surface area contributed by atoms with Crippen molar-refractivity contribution in [3.05, 3.63) is 29.6 Å². The molecule has 118 valence electrons. The molecule has 3 nitrogen and oxygen atoms in total. The molecule has 1 aliphatic rings. The Morgan fingerprint density at radius 2 is 2.05 bits per heavy atom. The summed E-state index contributed by atoms with van der Waals surface area (Å²) in [6.45, 7) is 9.86. The van der Waals surface area contributed by atoms with Gasteiger partial charge in [-0.15, -0.1) is 0 Å². The van der Waals surface area contributed by atoms with Gasteiger partial charge in [0.2, 0.25) is 0 Å². The van der Waals surface area contributed by atoms with E-state index in [1.807, 2.05) is 0 Å². The Bertz CT molecular complexity index is 431. The topological polar surface area (TPSA) is 24.5 Å². The van der Waals surface area contributed by atoms with Crippen molar-refractivity contribution < 1.29 is 9.13 Å². The largest absolute Gasteiger partial charge is 0.492 e. The molecule has 0 saturated carbocycles. The Morgan fingerprint density at radius 3 is 2.76 bits per heavy atom. The number of likely N-dealkylation sites (tertiary alicyclic amines) is 1. The molecule has 0 aromatic heterocycles. The van der Waals surface area contributed by atoms with Gasteiger partial charge in [0.15, 0.2) is 0 Å². The zero-order valence-electron chi connectivity index (χ0n) is 13.2. The zero-order chi connectivity index (χ0) is 15.1. The minimum absolute atomic E-state index is 0.205. The second kappa shape index (κ2) is 8.35. The van der Waals surface area contributed by atoms with Gasteiger partial charge in [0.05, 0.1) is 0 Å². The lowest BCUT2D eigenvalue weighted by Crippen LogP contribution is -2.25. The first kappa shape index (κ1) is 16.2. The molecule has 1 aromatic rings. The Hall–Kier alpha value is -1.13. The van der Waals surface area contributed by atoms with Crippen molar-refractivity contribution in [3.8, 4) is 5.75 Å². The minimum Gasteiger partial charge on any atom is -0.492 e. The van der Waals surface area contributed by atoms with Crippen molar-refractivity contribution >= 4 is 0 Å². The van der Waals surface area contributed by atoms with Crippen LogP contribution < -0.4 is 10.1 Å². The summed E-state index contributed by atoms with van der Waals surface area (Å²) < 4.78 is 19.3. The Kier molecular flexibility index (Phi) is 6.46. The second-order valence-electron chi connectivity index (χ2n) is 6.17. The smallest absolute Gasteiger partial charge is 0.124 e. The lowest BCUT2D eigenvalue weighted by Gasteiger charge is -2.17. The molecule has 0 atom stereocenters. The first-order chi connectivity index (χ1) is 10.1. The molecule has 1 saturated heterocycles. The Labute approximate surface area is 127 Å². The van der Waals surface area contributed by atoms with Gasteiger partial charge >= 0.3 is 0 Å². The first-order valence-electron chi connectivity index (χ1n) is 7.99. The van der Waals surface area contributed by atoms with Crippen LogP contribution in [0.3, 0.4) is 0 Å². The van der Waals surface area contributed by atoms with Crippen molar-refractivity contribution in [2.75, 3.05) is 32.8 Å². The summed E-state index contributed by atoms with van der Waals surface area (Å²) in [4.78, 5) is 2.42. The molecule has 4 heteroatoms. The molecule has 0 aliphatic carbocycles. The van der Waals surface area contributed by atoms with Gasteiger partial charge in [0.25, 0.3) is 0 Å². The Balaban J connectivity index is 1.84. The molecule has 1 aliphatic heterocycles. The average Bonchev–Trinajstić information content (AvgIpc) is 2.94. The van der Waals surface area contributed by atoms with Crippen LogP contribution in [0, 0.1) is 11.7 Å². The van der Waals surface area contributed by atoms with E-state index in [4.69, 9.17) is 4.74 Å². The molecule has 0 spiro atoms. The molecule has 0 radical (unpaired) electrons. The van der Waals surface area contributed by atoms with E-state index in [0.29, 0.717) is 19.1 Å². The van der Waals surface area contributed by atoms with Crippen LogP contribution in [-0.2, 0) is 6.54 Å². The highest BCUT2D eigenvalue weighted by Gasteiger charge is 2.12. The molecule has 0 amide bonds. The van der Waals surface area contributed by atoms with Crippen molar-refractivity contribution in [2.24, 2.45) is 5.92 Å². The summed E-state index contributed by atoms with van der Waals surface area (Å²) in [5.74, 6) is 1.17. The van der Waals surface area contributed by atoms with Crippen LogP contribution in [0.2, 0.25) is 0 Å². The van der Waals surface area contributed by atoms with E-state index >= 15 is 0 Å². The van der Waals surface area contributed by atoms with Gasteiger partial charge in [0, 0.05) is 18.7 Å². The summed E-state index contributed by atoms with van der Waals surface area (Å²) >= 11 is 0. The number of hydrogen-bond acceptors (Lipinski definition) is 3. The molecule has 1 aromatic carbocycles. The van der Waals surface area contributed by atoms with Gasteiger partial charge in [-0.3, -0.25) is 4.90 Å². The maximum absolute atomic E-state index is 13.4. The average molecular weight is 294 g/mol. The highest BCUT2D eigenvalue weighted by atomic mass is 19.1. The van der Waals surface area contributed by atoms with Crippen LogP contribution in [0.5, 0.6) is 5.75 Å². The standard InChI is InChI=1S/C17H27FN2O/c1-14(2)12-19-13-15-11-16(18)5-6-17(15)21-10-9-20-7-3-4-8-20/h5-6,11,14,19H,3-4,7-10,12-13H2,1-2H3. The first-order valence-corrected chi connectivity index (χ1v) is 7.99. The molecule has 1 N–H and O–H groups in total. The van der Waals surface area contributed by atoms with E-state index in [-0.39, 0.29) is 5.82 Å². The summed E-state index contributed by atoms with van der Waals surface area (Å²) in [5, 5.41) is 3.34. The number of hydrogen-bond donors (Lipinski definition) is 1. The maximum atomic E-state index is 13.4. The third-order valence-electron chi connectivity index (χ3n) is 3.75. The number of nitrogens with zero attached hydrogens (tertiary/aromatic N) is 1. The highest BCUT2D eigenvalue weighted by molar-refractivity contribution is 5.33. The molecule has 0 unspecified atom stereocenters. The predicted molar refractivity (Wildman–Crippen MR) is 84.1 cm³/mol. The quantitative estimate of drug-likeness (QED) is 0.797. The lowest BCUT2D eigenvalue weighted by molar-refractivity contribution is 0.236. The zero-order valence-corrected chi connectivity index (χ0v) is 13.2. The van der Waals surface area contributed by atoms with E-state index in [0.717, 1.165) is 24.4 Å². The molecule has 0 bridgehead atoms. The van der Waals surface area contributed by atoms with Crippen LogP contribution in [0.1, 0.15) is 32.3 Å². The third kappa shape index (κ3) is 5.64. The van der Waals surface area contributed by atoms with Gasteiger partial charge in [-0.05, 0) is 56.6 Å². The molecule has 1 fully saturated rings. The maximum Gasteiger partial charge on any atom is 0.124 e. The molecule has 2 rings (SSSR count). The summed E-state index contributed by atoms with van der Waals surface area (Å²) in [5.41, 5.74) is 0.900. The molecule has 21 heavy (non-hydrogen) atoms. The monoisotopic (exact) mass is 294 g/mol. The van der Waals surface area contributed by atoms with Crippen LogP contribution in [0.15, 0.2) is 18.2 Å². The fourth-order valence-corrected chi connectivity index (χ4v) is 2.61. The van der Waals surface area contributed by atoms with E-state index in [1.54, 1.807) is 12.1 Å². The van der Waals surface area contributed by atoms with Crippen molar-refractivity contribution in [1.82, 2.24) is 10.2 Å². The van der Waals surface area contributed by atoms with Gasteiger partial charge < -0.3 is 10.1 Å². The van der Waals surface area contributed by atoms with Crippen LogP contribution in [-0.4, -0.2) is 37.7 Å². The van der Waals surface area contributed by atoms with Gasteiger partial charge in [0.1, 0.15) is 18.2 Å². The van der Waals surface area contributed by atoms with E-state index < -0.39 is 0 Å². The van der Waals surface area contributed by atoms with Crippen molar-refractivity contribution in [1.29, 1.82) is 0 Å². The van der Waals surface area contributed by atoms with Crippen molar-refractivity contribution in [2.45, 2.75) is 33.2 Å². The van der Waals surface area contributed by atoms with E-state index in [9.17, 15) is 4.39 Å². The fraction of sp³-hybridized carbons (Fsp3) is 0.647. The third-order valence-corrected chi connectivity index (χ3v) is 3.75. The van der Waals surface area contributed by atoms with Crippen molar-refractivity contribution in [3.63, 3.8) is 0 Å². The SMILES string of the molecule is CC(C)CNCc1cc(F)ccc1OCCN1CCCC1. The summed E-state index contributed by atoms with van der Waals surface area (Å²) in [7, 11) is 0. The molecule has 1 heterocycles. The lowest BCUT2D eigenvalue weighted by atomic mass is 10.1. The summed E-state index contributed by atoms with van der Waals surface area (Å²) in [6, 6.07) is 4.78. The van der Waals surface area contributed by atoms with Gasteiger partial charge in [-0.2, -0.15) is 0 Å².